The second-order valence-corrected chi connectivity index (χ2v) is 6.25. The number of ketones is 1. The van der Waals surface area contributed by atoms with Crippen molar-refractivity contribution in [3.8, 4) is 0 Å². The number of pyridine rings is 1. The summed E-state index contributed by atoms with van der Waals surface area (Å²) in [6, 6.07) is 5.22. The molecule has 1 aliphatic rings. The number of carbonyl (C=O) groups excluding carboxylic acids is 2. The average molecular weight is 410 g/mol. The number of amides is 2. The summed E-state index contributed by atoms with van der Waals surface area (Å²) in [6.07, 6.45) is -4.21. The summed E-state index contributed by atoms with van der Waals surface area (Å²) in [5, 5.41) is 24.8. The van der Waals surface area contributed by atoms with E-state index in [4.69, 9.17) is 0 Å². The molecule has 2 heterocycles. The third-order valence-corrected chi connectivity index (χ3v) is 4.47. The molecule has 3 atom stereocenters. The Balaban J connectivity index is 2.14. The van der Waals surface area contributed by atoms with Crippen LogP contribution in [0, 0.1) is 16.0 Å². The number of halogens is 3. The van der Waals surface area contributed by atoms with Gasteiger partial charge in [-0.3, -0.25) is 19.9 Å². The van der Waals surface area contributed by atoms with E-state index in [2.05, 4.69) is 10.3 Å². The molecule has 1 aliphatic heterocycles. The highest BCUT2D eigenvalue weighted by Gasteiger charge is 2.66. The number of non-ortho nitro benzene ring substituents is 1. The summed E-state index contributed by atoms with van der Waals surface area (Å²) >= 11 is 0. The standard InChI is InChI=1S/C17H13F3N4O5/c18-17(19,20)16(27)12(14(25)11-3-1-2-8-21-11)13(22-15(26)23-16)9-4-6-10(7-5-9)24(28)29/h1-8,12-13,27H,(H2,22,23,26)/t12-,13-,16+/m0/s1. The van der Waals surface area contributed by atoms with Gasteiger partial charge in [0.15, 0.2) is 5.78 Å². The largest absolute Gasteiger partial charge is 0.437 e. The number of carbonyl (C=O) groups is 2. The highest BCUT2D eigenvalue weighted by atomic mass is 19.4. The molecule has 0 saturated carbocycles. The smallest absolute Gasteiger partial charge is 0.363 e. The molecule has 9 nitrogen and oxygen atoms in total. The van der Waals surface area contributed by atoms with Gasteiger partial charge >= 0.3 is 12.2 Å². The number of Topliss-reactive ketones (excluding diaryl/α,β-unsaturated/α-hetero) is 1. The number of nitrogens with one attached hydrogen (secondary N) is 2. The van der Waals surface area contributed by atoms with Gasteiger partial charge in [0.2, 0.25) is 5.72 Å². The van der Waals surface area contributed by atoms with E-state index in [1.165, 1.54) is 29.7 Å². The molecule has 0 aliphatic carbocycles. The minimum atomic E-state index is -5.40. The Morgan fingerprint density at radius 3 is 2.38 bits per heavy atom. The van der Waals surface area contributed by atoms with Gasteiger partial charge in [-0.15, -0.1) is 0 Å². The maximum atomic E-state index is 13.7. The van der Waals surface area contributed by atoms with Gasteiger partial charge in [0.25, 0.3) is 5.69 Å². The van der Waals surface area contributed by atoms with E-state index in [1.807, 2.05) is 0 Å². The summed E-state index contributed by atoms with van der Waals surface area (Å²) < 4.78 is 41.2. The zero-order valence-corrected chi connectivity index (χ0v) is 14.4. The van der Waals surface area contributed by atoms with E-state index in [1.54, 1.807) is 0 Å². The number of alkyl halides is 3. The molecule has 0 bridgehead atoms. The predicted octanol–water partition coefficient (Wildman–Crippen LogP) is 2.09. The monoisotopic (exact) mass is 410 g/mol. The second-order valence-electron chi connectivity index (χ2n) is 6.25. The van der Waals surface area contributed by atoms with Gasteiger partial charge in [0.05, 0.1) is 11.0 Å². The number of nitro groups is 1. The number of benzene rings is 1. The van der Waals surface area contributed by atoms with E-state index in [0.717, 1.165) is 24.3 Å². The Labute approximate surface area is 160 Å². The predicted molar refractivity (Wildman–Crippen MR) is 90.6 cm³/mol. The lowest BCUT2D eigenvalue weighted by Gasteiger charge is -2.44. The summed E-state index contributed by atoms with van der Waals surface area (Å²) in [6.45, 7) is 0. The lowest BCUT2D eigenvalue weighted by atomic mass is 9.78. The van der Waals surface area contributed by atoms with Crippen molar-refractivity contribution in [3.63, 3.8) is 0 Å². The number of nitrogens with zero attached hydrogens (tertiary/aromatic N) is 2. The van der Waals surface area contributed by atoms with Crippen molar-refractivity contribution in [3.05, 3.63) is 70.0 Å². The van der Waals surface area contributed by atoms with Crippen molar-refractivity contribution in [1.82, 2.24) is 15.6 Å². The topological polar surface area (TPSA) is 134 Å². The van der Waals surface area contributed by atoms with Crippen LogP contribution in [-0.2, 0) is 0 Å². The van der Waals surface area contributed by atoms with Crippen LogP contribution >= 0.6 is 0 Å². The van der Waals surface area contributed by atoms with Gasteiger partial charge in [-0.2, -0.15) is 13.2 Å². The molecule has 1 aromatic carbocycles. The molecule has 3 rings (SSSR count). The van der Waals surface area contributed by atoms with Crippen molar-refractivity contribution in [2.24, 2.45) is 5.92 Å². The zero-order valence-electron chi connectivity index (χ0n) is 14.4. The number of hydrogen-bond donors (Lipinski definition) is 3. The van der Waals surface area contributed by atoms with E-state index in [-0.39, 0.29) is 16.9 Å². The molecule has 0 unspecified atom stereocenters. The lowest BCUT2D eigenvalue weighted by molar-refractivity contribution is -0.384. The lowest BCUT2D eigenvalue weighted by Crippen LogP contribution is -2.72. The van der Waals surface area contributed by atoms with Crippen molar-refractivity contribution >= 4 is 17.5 Å². The Morgan fingerprint density at radius 2 is 1.86 bits per heavy atom. The van der Waals surface area contributed by atoms with E-state index in [0.29, 0.717) is 0 Å². The maximum Gasteiger partial charge on any atom is 0.437 e. The van der Waals surface area contributed by atoms with Crippen LogP contribution < -0.4 is 10.6 Å². The molecule has 0 radical (unpaired) electrons. The molecule has 1 fully saturated rings. The third kappa shape index (κ3) is 3.61. The first-order valence-corrected chi connectivity index (χ1v) is 8.12. The number of aliphatic hydroxyl groups is 1. The van der Waals surface area contributed by atoms with Crippen LogP contribution in [0.15, 0.2) is 48.7 Å². The molecule has 3 N–H and O–H groups in total. The van der Waals surface area contributed by atoms with Gasteiger partial charge in [0.1, 0.15) is 11.6 Å². The molecular formula is C17H13F3N4O5. The maximum absolute atomic E-state index is 13.7. The molecule has 29 heavy (non-hydrogen) atoms. The summed E-state index contributed by atoms with van der Waals surface area (Å²) in [5.41, 5.74) is -4.63. The van der Waals surface area contributed by atoms with Crippen LogP contribution in [0.25, 0.3) is 0 Å². The average Bonchev–Trinajstić information content (AvgIpc) is 2.67. The molecule has 152 valence electrons. The minimum Gasteiger partial charge on any atom is -0.363 e. The van der Waals surface area contributed by atoms with Gasteiger partial charge in [-0.1, -0.05) is 18.2 Å². The van der Waals surface area contributed by atoms with Crippen LogP contribution in [0.4, 0.5) is 23.7 Å². The van der Waals surface area contributed by atoms with Gasteiger partial charge in [-0.25, -0.2) is 4.79 Å². The first-order chi connectivity index (χ1) is 13.5. The Bertz CT molecular complexity index is 952. The summed E-state index contributed by atoms with van der Waals surface area (Å²) in [7, 11) is 0. The molecule has 1 aromatic heterocycles. The number of rotatable bonds is 4. The van der Waals surface area contributed by atoms with Gasteiger partial charge in [0, 0.05) is 18.3 Å². The van der Waals surface area contributed by atoms with Crippen LogP contribution in [0.5, 0.6) is 0 Å². The fourth-order valence-corrected chi connectivity index (χ4v) is 3.09. The Kier molecular flexibility index (Phi) is 4.96. The molecule has 1 saturated heterocycles. The van der Waals surface area contributed by atoms with Crippen molar-refractivity contribution in [2.75, 3.05) is 0 Å². The van der Waals surface area contributed by atoms with E-state index in [9.17, 15) is 38.0 Å². The summed E-state index contributed by atoms with van der Waals surface area (Å²) in [4.78, 5) is 38.6. The Morgan fingerprint density at radius 1 is 1.21 bits per heavy atom. The van der Waals surface area contributed by atoms with Crippen LogP contribution in [0.1, 0.15) is 22.1 Å². The first-order valence-electron chi connectivity index (χ1n) is 8.12. The fraction of sp³-hybridized carbons (Fsp3) is 0.235. The fourth-order valence-electron chi connectivity index (χ4n) is 3.09. The van der Waals surface area contributed by atoms with Crippen LogP contribution in [0.3, 0.4) is 0 Å². The number of nitro benzene ring substituents is 1. The molecule has 12 heteroatoms. The minimum absolute atomic E-state index is 0.0394. The number of urea groups is 1. The quantitative estimate of drug-likeness (QED) is 0.401. The second kappa shape index (κ2) is 7.13. The zero-order chi connectivity index (χ0) is 21.4. The van der Waals surface area contributed by atoms with Gasteiger partial charge in [-0.05, 0) is 17.7 Å². The van der Waals surface area contributed by atoms with Crippen LogP contribution in [0.2, 0.25) is 0 Å². The number of aromatic nitrogens is 1. The molecule has 2 aromatic rings. The van der Waals surface area contributed by atoms with Crippen molar-refractivity contribution in [2.45, 2.75) is 17.9 Å². The highest BCUT2D eigenvalue weighted by Crippen LogP contribution is 2.43. The van der Waals surface area contributed by atoms with E-state index < -0.39 is 40.6 Å². The molecule has 2 amide bonds. The van der Waals surface area contributed by atoms with Gasteiger partial charge < -0.3 is 15.7 Å². The SMILES string of the molecule is O=C1N[C@@H](c2ccc([N+](=O)[O-])cc2)[C@@H](C(=O)c2ccccn2)[C@@](O)(C(F)(F)F)N1. The first kappa shape index (κ1) is 20.2. The summed E-state index contributed by atoms with van der Waals surface area (Å²) in [5.74, 6) is -3.43. The molecule has 0 spiro atoms. The highest BCUT2D eigenvalue weighted by molar-refractivity contribution is 5.99. The molecular weight excluding hydrogens is 397 g/mol. The van der Waals surface area contributed by atoms with Crippen molar-refractivity contribution < 1.29 is 32.8 Å². The van der Waals surface area contributed by atoms with Crippen LogP contribution in [-0.4, -0.2) is 38.7 Å². The third-order valence-electron chi connectivity index (χ3n) is 4.47. The Hall–Kier alpha value is -3.54. The van der Waals surface area contributed by atoms with Crippen molar-refractivity contribution in [1.29, 1.82) is 0 Å². The number of hydrogen-bond acceptors (Lipinski definition) is 6. The normalized spacial score (nSPS) is 24.3. The van der Waals surface area contributed by atoms with E-state index >= 15 is 0 Å².